The van der Waals surface area contributed by atoms with Crippen molar-refractivity contribution in [3.8, 4) is 0 Å². The van der Waals surface area contributed by atoms with E-state index in [4.69, 9.17) is 11.6 Å². The molecule has 0 saturated carbocycles. The number of nitrogens with zero attached hydrogens (tertiary/aromatic N) is 2. The zero-order valence-electron chi connectivity index (χ0n) is 15.3. The van der Waals surface area contributed by atoms with Gasteiger partial charge in [0.2, 0.25) is 5.95 Å². The minimum Gasteiger partial charge on any atom is -0.350 e. The Hall–Kier alpha value is -3.25. The molecule has 0 radical (unpaired) electrons. The molecule has 2 N–H and O–H groups in total. The summed E-state index contributed by atoms with van der Waals surface area (Å²) in [6.07, 6.45) is 2.20. The number of carbonyl (C=O) groups excluding carboxylic acids is 2. The van der Waals surface area contributed by atoms with Crippen molar-refractivity contribution in [2.24, 2.45) is 0 Å². The Kier molecular flexibility index (Phi) is 6.34. The van der Waals surface area contributed by atoms with Crippen LogP contribution in [0.3, 0.4) is 0 Å². The lowest BCUT2D eigenvalue weighted by Gasteiger charge is -2.08. The summed E-state index contributed by atoms with van der Waals surface area (Å²) in [6.45, 7) is 1.98. The zero-order chi connectivity index (χ0) is 19.9. The van der Waals surface area contributed by atoms with Crippen molar-refractivity contribution in [2.75, 3.05) is 11.9 Å². The molecule has 28 heavy (non-hydrogen) atoms. The molecule has 1 amide bonds. The summed E-state index contributed by atoms with van der Waals surface area (Å²) < 4.78 is 0. The average molecular weight is 395 g/mol. The monoisotopic (exact) mass is 394 g/mol. The molecule has 0 saturated heterocycles. The summed E-state index contributed by atoms with van der Waals surface area (Å²) in [5.74, 6) is -0.0265. The van der Waals surface area contributed by atoms with Gasteiger partial charge in [-0.1, -0.05) is 35.9 Å². The molecule has 2 aromatic carbocycles. The van der Waals surface area contributed by atoms with Crippen LogP contribution in [0.25, 0.3) is 0 Å². The summed E-state index contributed by atoms with van der Waals surface area (Å²) in [4.78, 5) is 32.2. The van der Waals surface area contributed by atoms with Crippen molar-refractivity contribution in [2.45, 2.75) is 13.3 Å². The molecule has 1 heterocycles. The molecule has 0 fully saturated rings. The molecule has 7 heteroatoms. The van der Waals surface area contributed by atoms with E-state index in [0.29, 0.717) is 29.2 Å². The SMILES string of the molecule is CC(=O)c1cccc(Nc2nccc(C(=O)NCCc3ccc(Cl)cc3)n2)c1. The van der Waals surface area contributed by atoms with Crippen LogP contribution in [0.15, 0.2) is 60.8 Å². The van der Waals surface area contributed by atoms with Crippen molar-refractivity contribution in [1.29, 1.82) is 0 Å². The molecular weight excluding hydrogens is 376 g/mol. The number of halogens is 1. The first kappa shape index (κ1) is 19.5. The van der Waals surface area contributed by atoms with Gasteiger partial charge >= 0.3 is 0 Å². The minimum absolute atomic E-state index is 0.0293. The second-order valence-electron chi connectivity index (χ2n) is 6.16. The number of benzene rings is 2. The number of hydrogen-bond acceptors (Lipinski definition) is 5. The molecule has 0 atom stereocenters. The fourth-order valence-corrected chi connectivity index (χ4v) is 2.68. The molecule has 3 rings (SSSR count). The third kappa shape index (κ3) is 5.37. The predicted molar refractivity (Wildman–Crippen MR) is 109 cm³/mol. The molecule has 142 valence electrons. The topological polar surface area (TPSA) is 84.0 Å². The van der Waals surface area contributed by atoms with Crippen LogP contribution < -0.4 is 10.6 Å². The van der Waals surface area contributed by atoms with Crippen LogP contribution in [-0.4, -0.2) is 28.2 Å². The second-order valence-corrected chi connectivity index (χ2v) is 6.60. The van der Waals surface area contributed by atoms with Crippen LogP contribution >= 0.6 is 11.6 Å². The molecule has 3 aromatic rings. The first-order valence-electron chi connectivity index (χ1n) is 8.75. The molecule has 0 spiro atoms. The van der Waals surface area contributed by atoms with Gasteiger partial charge in [0.15, 0.2) is 5.78 Å². The first-order valence-corrected chi connectivity index (χ1v) is 9.13. The summed E-state index contributed by atoms with van der Waals surface area (Å²) >= 11 is 5.87. The van der Waals surface area contributed by atoms with E-state index in [1.165, 1.54) is 13.1 Å². The van der Waals surface area contributed by atoms with Gasteiger partial charge in [-0.25, -0.2) is 9.97 Å². The summed E-state index contributed by atoms with van der Waals surface area (Å²) in [7, 11) is 0. The summed E-state index contributed by atoms with van der Waals surface area (Å²) in [5.41, 5.74) is 2.60. The highest BCUT2D eigenvalue weighted by atomic mass is 35.5. The van der Waals surface area contributed by atoms with Crippen molar-refractivity contribution in [1.82, 2.24) is 15.3 Å². The molecule has 0 unspecified atom stereocenters. The number of carbonyl (C=O) groups is 2. The third-order valence-electron chi connectivity index (χ3n) is 4.03. The van der Waals surface area contributed by atoms with Crippen LogP contribution in [-0.2, 0) is 6.42 Å². The van der Waals surface area contributed by atoms with Gasteiger partial charge in [-0.3, -0.25) is 9.59 Å². The van der Waals surface area contributed by atoms with E-state index in [0.717, 1.165) is 5.56 Å². The maximum atomic E-state index is 12.3. The fraction of sp³-hybridized carbons (Fsp3) is 0.143. The van der Waals surface area contributed by atoms with Gasteiger partial charge in [-0.05, 0) is 49.2 Å². The van der Waals surface area contributed by atoms with Crippen LogP contribution in [0.2, 0.25) is 5.02 Å². The van der Waals surface area contributed by atoms with E-state index >= 15 is 0 Å². The minimum atomic E-state index is -0.281. The van der Waals surface area contributed by atoms with Gasteiger partial charge in [-0.2, -0.15) is 0 Å². The maximum Gasteiger partial charge on any atom is 0.270 e. The number of amides is 1. The van der Waals surface area contributed by atoms with Gasteiger partial charge in [0.25, 0.3) is 5.91 Å². The van der Waals surface area contributed by atoms with Gasteiger partial charge in [0, 0.05) is 29.0 Å². The van der Waals surface area contributed by atoms with Crippen molar-refractivity contribution in [3.63, 3.8) is 0 Å². The number of anilines is 2. The van der Waals surface area contributed by atoms with Gasteiger partial charge < -0.3 is 10.6 Å². The lowest BCUT2D eigenvalue weighted by Crippen LogP contribution is -2.26. The molecular formula is C21H19ClN4O2. The van der Waals surface area contributed by atoms with Gasteiger partial charge in [0.1, 0.15) is 5.69 Å². The lowest BCUT2D eigenvalue weighted by atomic mass is 10.1. The Balaban J connectivity index is 1.60. The van der Waals surface area contributed by atoms with E-state index in [1.807, 2.05) is 24.3 Å². The van der Waals surface area contributed by atoms with Crippen molar-refractivity contribution >= 4 is 34.9 Å². The Morgan fingerprint density at radius 3 is 2.61 bits per heavy atom. The van der Waals surface area contributed by atoms with Gasteiger partial charge in [0.05, 0.1) is 0 Å². The summed E-state index contributed by atoms with van der Waals surface area (Å²) in [5, 5.41) is 6.54. The molecule has 1 aromatic heterocycles. The van der Waals surface area contributed by atoms with E-state index in [9.17, 15) is 9.59 Å². The standard InChI is InChI=1S/C21H19ClN4O2/c1-14(27)16-3-2-4-18(13-16)25-21-24-12-10-19(26-21)20(28)23-11-9-15-5-7-17(22)8-6-15/h2-8,10,12-13H,9,11H2,1H3,(H,23,28)(H,24,25,26). The molecule has 0 aliphatic heterocycles. The van der Waals surface area contributed by atoms with Crippen LogP contribution in [0.5, 0.6) is 0 Å². The molecule has 0 bridgehead atoms. The Labute approximate surface area is 168 Å². The van der Waals surface area contributed by atoms with Crippen LogP contribution in [0, 0.1) is 0 Å². The van der Waals surface area contributed by atoms with Crippen molar-refractivity contribution in [3.05, 3.63) is 82.6 Å². The maximum absolute atomic E-state index is 12.3. The quantitative estimate of drug-likeness (QED) is 0.590. The third-order valence-corrected chi connectivity index (χ3v) is 4.28. The lowest BCUT2D eigenvalue weighted by molar-refractivity contribution is 0.0948. The number of aromatic nitrogens is 2. The Bertz CT molecular complexity index is 990. The number of nitrogens with one attached hydrogen (secondary N) is 2. The molecule has 0 aliphatic rings. The second kappa shape index (κ2) is 9.10. The highest BCUT2D eigenvalue weighted by Crippen LogP contribution is 2.15. The predicted octanol–water partition coefficient (Wildman–Crippen LogP) is 4.05. The number of ketones is 1. The van der Waals surface area contributed by atoms with E-state index < -0.39 is 0 Å². The van der Waals surface area contributed by atoms with Gasteiger partial charge in [-0.15, -0.1) is 0 Å². The van der Waals surface area contributed by atoms with Crippen LogP contribution in [0.4, 0.5) is 11.6 Å². The highest BCUT2D eigenvalue weighted by molar-refractivity contribution is 6.30. The Morgan fingerprint density at radius 2 is 1.86 bits per heavy atom. The average Bonchev–Trinajstić information content (AvgIpc) is 2.70. The van der Waals surface area contributed by atoms with E-state index in [-0.39, 0.29) is 23.3 Å². The number of rotatable bonds is 7. The number of Topliss-reactive ketones (excluding diaryl/α,β-unsaturated/α-hetero) is 1. The first-order chi connectivity index (χ1) is 13.5. The Morgan fingerprint density at radius 1 is 1.07 bits per heavy atom. The largest absolute Gasteiger partial charge is 0.350 e. The van der Waals surface area contributed by atoms with E-state index in [2.05, 4.69) is 20.6 Å². The number of hydrogen-bond donors (Lipinski definition) is 2. The normalized spacial score (nSPS) is 10.4. The van der Waals surface area contributed by atoms with Crippen molar-refractivity contribution < 1.29 is 9.59 Å². The fourth-order valence-electron chi connectivity index (χ4n) is 2.55. The van der Waals surface area contributed by atoms with Crippen LogP contribution in [0.1, 0.15) is 33.3 Å². The zero-order valence-corrected chi connectivity index (χ0v) is 16.0. The smallest absolute Gasteiger partial charge is 0.270 e. The molecule has 0 aliphatic carbocycles. The summed E-state index contributed by atoms with van der Waals surface area (Å²) in [6, 6.07) is 16.1. The van der Waals surface area contributed by atoms with E-state index in [1.54, 1.807) is 30.3 Å². The highest BCUT2D eigenvalue weighted by Gasteiger charge is 2.09. The molecule has 6 nitrogen and oxygen atoms in total.